The summed E-state index contributed by atoms with van der Waals surface area (Å²) >= 11 is 0. The molecule has 1 aliphatic rings. The van der Waals surface area contributed by atoms with Crippen molar-refractivity contribution in [2.24, 2.45) is 4.99 Å². The average molecular weight is 238 g/mol. The number of hydrogen-bond acceptors (Lipinski definition) is 3. The van der Waals surface area contributed by atoms with Crippen LogP contribution in [0.15, 0.2) is 16.6 Å². The second-order valence-corrected chi connectivity index (χ2v) is 4.20. The number of ether oxygens (including phenoxy) is 1. The summed E-state index contributed by atoms with van der Waals surface area (Å²) in [6, 6.07) is 0.237. The highest BCUT2D eigenvalue weighted by Gasteiger charge is 2.19. The molecule has 0 aliphatic carbocycles. The fourth-order valence-corrected chi connectivity index (χ4v) is 1.83. The van der Waals surface area contributed by atoms with Gasteiger partial charge in [0.15, 0.2) is 0 Å². The van der Waals surface area contributed by atoms with Gasteiger partial charge in [0.05, 0.1) is 5.57 Å². The van der Waals surface area contributed by atoms with Gasteiger partial charge < -0.3 is 10.1 Å². The van der Waals surface area contributed by atoms with E-state index in [2.05, 4.69) is 10.3 Å². The molecule has 0 saturated carbocycles. The van der Waals surface area contributed by atoms with Crippen LogP contribution in [0.4, 0.5) is 0 Å². The Labute approximate surface area is 103 Å². The molecule has 0 aromatic heterocycles. The number of carbonyl (C=O) groups is 1. The highest BCUT2D eigenvalue weighted by Crippen LogP contribution is 2.08. The van der Waals surface area contributed by atoms with E-state index in [-0.39, 0.29) is 11.9 Å². The molecule has 4 heteroatoms. The van der Waals surface area contributed by atoms with Crippen molar-refractivity contribution in [3.05, 3.63) is 11.6 Å². The van der Waals surface area contributed by atoms with Gasteiger partial charge in [-0.15, -0.1) is 0 Å². The number of nitrogens with zero attached hydrogens (tertiary/aromatic N) is 1. The Morgan fingerprint density at radius 3 is 2.65 bits per heavy atom. The summed E-state index contributed by atoms with van der Waals surface area (Å²) in [7, 11) is 1.71. The van der Waals surface area contributed by atoms with E-state index in [9.17, 15) is 4.79 Å². The molecule has 1 heterocycles. The Morgan fingerprint density at radius 2 is 2.12 bits per heavy atom. The number of hydrogen-bond donors (Lipinski definition) is 1. The van der Waals surface area contributed by atoms with Crippen molar-refractivity contribution >= 4 is 11.6 Å². The summed E-state index contributed by atoms with van der Waals surface area (Å²) in [6.07, 6.45) is 4.56. The minimum atomic E-state index is -0.0122. The third kappa shape index (κ3) is 4.30. The fraction of sp³-hybridized carbons (Fsp3) is 0.692. The van der Waals surface area contributed by atoms with E-state index in [1.807, 2.05) is 19.9 Å². The molecule has 0 spiro atoms. The summed E-state index contributed by atoms with van der Waals surface area (Å²) in [4.78, 5) is 16.2. The van der Waals surface area contributed by atoms with E-state index in [0.717, 1.165) is 38.2 Å². The van der Waals surface area contributed by atoms with Crippen LogP contribution in [-0.4, -0.2) is 37.9 Å². The first-order chi connectivity index (χ1) is 8.19. The third-order valence-electron chi connectivity index (χ3n) is 2.93. The lowest BCUT2D eigenvalue weighted by Gasteiger charge is -2.23. The van der Waals surface area contributed by atoms with Crippen LogP contribution in [0, 0.1) is 0 Å². The summed E-state index contributed by atoms with van der Waals surface area (Å²) in [5.41, 5.74) is 1.48. The first-order valence-corrected chi connectivity index (χ1v) is 6.21. The molecule has 0 atom stereocenters. The summed E-state index contributed by atoms with van der Waals surface area (Å²) in [5, 5.41) is 3.05. The molecule has 0 bridgehead atoms. The Bertz CT molecular complexity index is 315. The number of rotatable bonds is 4. The largest absolute Gasteiger partial charge is 0.381 e. The van der Waals surface area contributed by atoms with Crippen LogP contribution in [0.2, 0.25) is 0 Å². The molecular weight excluding hydrogens is 216 g/mol. The van der Waals surface area contributed by atoms with Gasteiger partial charge in [0.25, 0.3) is 5.91 Å². The molecule has 4 nitrogen and oxygen atoms in total. The number of aliphatic imine (C=N–C) groups is 1. The first-order valence-electron chi connectivity index (χ1n) is 6.21. The molecule has 1 rings (SSSR count). The zero-order valence-electron chi connectivity index (χ0n) is 11.0. The average Bonchev–Trinajstić information content (AvgIpc) is 2.36. The Kier molecular flexibility index (Phi) is 5.91. The molecule has 1 amide bonds. The standard InChI is InChI=1S/C13H22N2O2/c1-4-5-12(10(2)14-3)13(16)15-11-6-8-17-9-7-11/h5,11H,4,6-9H2,1-3H3,(H,15,16)/b12-5+,14-10?. The minimum Gasteiger partial charge on any atom is -0.381 e. The second-order valence-electron chi connectivity index (χ2n) is 4.20. The van der Waals surface area contributed by atoms with Crippen molar-refractivity contribution in [3.8, 4) is 0 Å². The fourth-order valence-electron chi connectivity index (χ4n) is 1.83. The molecule has 17 heavy (non-hydrogen) atoms. The van der Waals surface area contributed by atoms with Crippen molar-refractivity contribution in [1.82, 2.24) is 5.32 Å². The van der Waals surface area contributed by atoms with Crippen molar-refractivity contribution in [3.63, 3.8) is 0 Å². The van der Waals surface area contributed by atoms with Crippen molar-refractivity contribution in [2.45, 2.75) is 39.2 Å². The van der Waals surface area contributed by atoms with E-state index in [1.165, 1.54) is 0 Å². The molecule has 1 fully saturated rings. The van der Waals surface area contributed by atoms with Crippen LogP contribution in [0.3, 0.4) is 0 Å². The minimum absolute atomic E-state index is 0.0122. The maximum atomic E-state index is 12.1. The zero-order valence-corrected chi connectivity index (χ0v) is 11.0. The van der Waals surface area contributed by atoms with E-state index in [0.29, 0.717) is 5.57 Å². The van der Waals surface area contributed by atoms with Crippen molar-refractivity contribution in [2.75, 3.05) is 20.3 Å². The van der Waals surface area contributed by atoms with Crippen LogP contribution >= 0.6 is 0 Å². The number of carbonyl (C=O) groups excluding carboxylic acids is 1. The zero-order chi connectivity index (χ0) is 12.7. The van der Waals surface area contributed by atoms with Gasteiger partial charge in [-0.1, -0.05) is 13.0 Å². The van der Waals surface area contributed by atoms with Gasteiger partial charge in [0, 0.05) is 32.0 Å². The molecule has 1 N–H and O–H groups in total. The highest BCUT2D eigenvalue weighted by molar-refractivity contribution is 6.20. The van der Waals surface area contributed by atoms with E-state index in [4.69, 9.17) is 4.74 Å². The first kappa shape index (κ1) is 13.9. The third-order valence-corrected chi connectivity index (χ3v) is 2.93. The molecule has 96 valence electrons. The van der Waals surface area contributed by atoms with Crippen LogP contribution in [0.5, 0.6) is 0 Å². The normalized spacial score (nSPS) is 19.2. The Hall–Kier alpha value is -1.16. The van der Waals surface area contributed by atoms with Gasteiger partial charge in [-0.2, -0.15) is 0 Å². The van der Waals surface area contributed by atoms with Gasteiger partial charge in [0.2, 0.25) is 0 Å². The van der Waals surface area contributed by atoms with Crippen LogP contribution < -0.4 is 5.32 Å². The number of allylic oxidation sites excluding steroid dienone is 1. The van der Waals surface area contributed by atoms with Crippen LogP contribution in [0.1, 0.15) is 33.1 Å². The smallest absolute Gasteiger partial charge is 0.252 e. The highest BCUT2D eigenvalue weighted by atomic mass is 16.5. The Balaban J connectivity index is 2.62. The lowest BCUT2D eigenvalue weighted by molar-refractivity contribution is -0.118. The summed E-state index contributed by atoms with van der Waals surface area (Å²) < 4.78 is 5.27. The van der Waals surface area contributed by atoms with E-state index < -0.39 is 0 Å². The molecular formula is C13H22N2O2. The van der Waals surface area contributed by atoms with Crippen molar-refractivity contribution in [1.29, 1.82) is 0 Å². The second kappa shape index (κ2) is 7.22. The lowest BCUT2D eigenvalue weighted by Crippen LogP contribution is -2.40. The summed E-state index contributed by atoms with van der Waals surface area (Å²) in [6.45, 7) is 5.35. The molecule has 0 aromatic rings. The predicted octanol–water partition coefficient (Wildman–Crippen LogP) is 1.71. The van der Waals surface area contributed by atoms with E-state index >= 15 is 0 Å². The quantitative estimate of drug-likeness (QED) is 0.599. The van der Waals surface area contributed by atoms with Crippen LogP contribution in [0.25, 0.3) is 0 Å². The SMILES string of the molecule is CC/C=C(/C(=O)NC1CCOCC1)C(C)=NC. The van der Waals surface area contributed by atoms with E-state index in [1.54, 1.807) is 7.05 Å². The topological polar surface area (TPSA) is 50.7 Å². The van der Waals surface area contributed by atoms with Crippen LogP contribution in [-0.2, 0) is 9.53 Å². The molecule has 0 aromatic carbocycles. The van der Waals surface area contributed by atoms with Gasteiger partial charge in [0.1, 0.15) is 0 Å². The molecule has 1 aliphatic heterocycles. The lowest BCUT2D eigenvalue weighted by atomic mass is 10.1. The number of nitrogens with one attached hydrogen (secondary N) is 1. The van der Waals surface area contributed by atoms with Gasteiger partial charge in [-0.05, 0) is 26.2 Å². The maximum Gasteiger partial charge on any atom is 0.252 e. The summed E-state index contributed by atoms with van der Waals surface area (Å²) in [5.74, 6) is -0.0122. The van der Waals surface area contributed by atoms with Crippen molar-refractivity contribution < 1.29 is 9.53 Å². The van der Waals surface area contributed by atoms with Gasteiger partial charge in [-0.25, -0.2) is 0 Å². The predicted molar refractivity (Wildman–Crippen MR) is 69.4 cm³/mol. The monoisotopic (exact) mass is 238 g/mol. The Morgan fingerprint density at radius 1 is 1.47 bits per heavy atom. The van der Waals surface area contributed by atoms with Gasteiger partial charge in [-0.3, -0.25) is 9.79 Å². The van der Waals surface area contributed by atoms with Gasteiger partial charge >= 0.3 is 0 Å². The number of amides is 1. The molecule has 0 unspecified atom stereocenters. The maximum absolute atomic E-state index is 12.1. The molecule has 0 radical (unpaired) electrons. The molecule has 1 saturated heterocycles.